The number of nitrogens with zero attached hydrogens (tertiary/aromatic N) is 2. The van der Waals surface area contributed by atoms with Gasteiger partial charge in [0.2, 0.25) is 0 Å². The molecule has 0 saturated carbocycles. The molecular formula is C15H13N3OS. The first-order valence-corrected chi connectivity index (χ1v) is 7.01. The van der Waals surface area contributed by atoms with Crippen LogP contribution in [0.3, 0.4) is 0 Å². The van der Waals surface area contributed by atoms with Crippen molar-refractivity contribution in [1.29, 1.82) is 0 Å². The molecule has 5 heteroatoms. The molecule has 0 aliphatic carbocycles. The number of benzene rings is 1. The van der Waals surface area contributed by atoms with Crippen LogP contribution in [0.2, 0.25) is 0 Å². The third kappa shape index (κ3) is 2.16. The minimum absolute atomic E-state index is 0.0503. The Morgan fingerprint density at radius 3 is 2.75 bits per heavy atom. The molecule has 3 aromatic rings. The largest absolute Gasteiger partial charge is 0.375 e. The molecule has 0 fully saturated rings. The van der Waals surface area contributed by atoms with E-state index in [0.717, 1.165) is 27.2 Å². The number of hydrogen-bond donors (Lipinski definition) is 1. The molecule has 0 aliphatic heterocycles. The Bertz CT molecular complexity index is 823. The Hall–Kier alpha value is -2.27. The van der Waals surface area contributed by atoms with Crippen molar-refractivity contribution in [1.82, 2.24) is 9.97 Å². The second-order valence-electron chi connectivity index (χ2n) is 4.66. The zero-order valence-electron chi connectivity index (χ0n) is 11.2. The molecule has 0 amide bonds. The number of thiazole rings is 1. The van der Waals surface area contributed by atoms with Crippen LogP contribution in [0.4, 0.5) is 5.13 Å². The first-order chi connectivity index (χ1) is 9.54. The van der Waals surface area contributed by atoms with Crippen LogP contribution in [0.1, 0.15) is 22.8 Å². The van der Waals surface area contributed by atoms with Gasteiger partial charge in [0.15, 0.2) is 10.9 Å². The fraction of sp³-hybridized carbons (Fsp3) is 0.133. The monoisotopic (exact) mass is 283 g/mol. The van der Waals surface area contributed by atoms with Gasteiger partial charge in [-0.25, -0.2) is 9.97 Å². The second-order valence-corrected chi connectivity index (χ2v) is 5.67. The highest BCUT2D eigenvalue weighted by molar-refractivity contribution is 7.21. The van der Waals surface area contributed by atoms with E-state index < -0.39 is 0 Å². The van der Waals surface area contributed by atoms with Crippen LogP contribution in [0.25, 0.3) is 21.6 Å². The summed E-state index contributed by atoms with van der Waals surface area (Å²) < 4.78 is 0. The van der Waals surface area contributed by atoms with Crippen molar-refractivity contribution in [2.24, 2.45) is 0 Å². The number of carbonyl (C=O) groups excluding carboxylic acids is 1. The quantitative estimate of drug-likeness (QED) is 0.731. The highest BCUT2D eigenvalue weighted by atomic mass is 32.1. The molecule has 0 saturated heterocycles. The first-order valence-electron chi connectivity index (χ1n) is 6.19. The van der Waals surface area contributed by atoms with Crippen molar-refractivity contribution in [3.8, 4) is 11.3 Å². The number of nitrogens with two attached hydrogens (primary N) is 1. The van der Waals surface area contributed by atoms with E-state index in [1.807, 2.05) is 37.3 Å². The fourth-order valence-corrected chi connectivity index (χ4v) is 2.81. The second kappa shape index (κ2) is 4.68. The fourth-order valence-electron chi connectivity index (χ4n) is 2.10. The summed E-state index contributed by atoms with van der Waals surface area (Å²) in [7, 11) is 0. The SMILES string of the molecule is CC(=O)c1ccc(C)c(-c2ccc3nc(N)sc3n2)c1. The van der Waals surface area contributed by atoms with Gasteiger partial charge in [0.05, 0.1) is 5.69 Å². The molecule has 2 heterocycles. The van der Waals surface area contributed by atoms with Crippen LogP contribution < -0.4 is 5.73 Å². The van der Waals surface area contributed by atoms with E-state index in [-0.39, 0.29) is 5.78 Å². The van der Waals surface area contributed by atoms with Gasteiger partial charge in [0.1, 0.15) is 10.3 Å². The zero-order chi connectivity index (χ0) is 14.3. The summed E-state index contributed by atoms with van der Waals surface area (Å²) in [6.07, 6.45) is 0. The average Bonchev–Trinajstić information content (AvgIpc) is 2.78. The van der Waals surface area contributed by atoms with Gasteiger partial charge in [-0.15, -0.1) is 0 Å². The summed E-state index contributed by atoms with van der Waals surface area (Å²) in [5.41, 5.74) is 10.1. The first kappa shape index (κ1) is 12.7. The van der Waals surface area contributed by atoms with Crippen molar-refractivity contribution >= 4 is 32.6 Å². The van der Waals surface area contributed by atoms with E-state index in [0.29, 0.717) is 10.7 Å². The molecule has 2 aromatic heterocycles. The Kier molecular flexibility index (Phi) is 2.99. The molecule has 0 spiro atoms. The number of aryl methyl sites for hydroxylation is 1. The molecule has 0 unspecified atom stereocenters. The molecule has 20 heavy (non-hydrogen) atoms. The van der Waals surface area contributed by atoms with Gasteiger partial charge < -0.3 is 5.73 Å². The van der Waals surface area contributed by atoms with Gasteiger partial charge in [-0.1, -0.05) is 23.5 Å². The van der Waals surface area contributed by atoms with Crippen LogP contribution in [0.5, 0.6) is 0 Å². The Balaban J connectivity index is 2.18. The number of rotatable bonds is 2. The van der Waals surface area contributed by atoms with Gasteiger partial charge in [0.25, 0.3) is 0 Å². The van der Waals surface area contributed by atoms with Gasteiger partial charge in [-0.2, -0.15) is 0 Å². The summed E-state index contributed by atoms with van der Waals surface area (Å²) in [6, 6.07) is 9.48. The van der Waals surface area contributed by atoms with Crippen molar-refractivity contribution in [3.63, 3.8) is 0 Å². The number of Topliss-reactive ketones (excluding diaryl/α,β-unsaturated/α-hetero) is 1. The number of pyridine rings is 1. The lowest BCUT2D eigenvalue weighted by molar-refractivity contribution is 0.101. The normalized spacial score (nSPS) is 10.9. The van der Waals surface area contributed by atoms with E-state index in [4.69, 9.17) is 5.73 Å². The number of anilines is 1. The summed E-state index contributed by atoms with van der Waals surface area (Å²) in [6.45, 7) is 3.57. The third-order valence-electron chi connectivity index (χ3n) is 3.19. The number of fused-ring (bicyclic) bond motifs is 1. The topological polar surface area (TPSA) is 68.9 Å². The number of carbonyl (C=O) groups is 1. The van der Waals surface area contributed by atoms with Crippen LogP contribution in [-0.4, -0.2) is 15.8 Å². The predicted molar refractivity (Wildman–Crippen MR) is 82.0 cm³/mol. The standard InChI is InChI=1S/C15H13N3OS/c1-8-3-4-10(9(2)19)7-11(8)12-5-6-13-14(17-12)20-15(16)18-13/h3-7H,1-2H3,(H2,16,18). The maximum absolute atomic E-state index is 11.5. The Morgan fingerprint density at radius 2 is 2.00 bits per heavy atom. The Morgan fingerprint density at radius 1 is 1.20 bits per heavy atom. The lowest BCUT2D eigenvalue weighted by Gasteiger charge is -2.07. The average molecular weight is 283 g/mol. The summed E-state index contributed by atoms with van der Waals surface area (Å²) in [5, 5.41) is 0.513. The van der Waals surface area contributed by atoms with Crippen molar-refractivity contribution in [2.45, 2.75) is 13.8 Å². The van der Waals surface area contributed by atoms with Crippen LogP contribution in [0.15, 0.2) is 30.3 Å². The highest BCUT2D eigenvalue weighted by Gasteiger charge is 2.10. The number of aromatic nitrogens is 2. The third-order valence-corrected chi connectivity index (χ3v) is 3.99. The van der Waals surface area contributed by atoms with E-state index >= 15 is 0 Å². The van der Waals surface area contributed by atoms with E-state index in [9.17, 15) is 4.79 Å². The minimum atomic E-state index is 0.0503. The summed E-state index contributed by atoms with van der Waals surface area (Å²) in [4.78, 5) is 21.1. The molecule has 3 rings (SSSR count). The van der Waals surface area contributed by atoms with Crippen LogP contribution >= 0.6 is 11.3 Å². The molecule has 1 aromatic carbocycles. The van der Waals surface area contributed by atoms with Crippen molar-refractivity contribution < 1.29 is 4.79 Å². The minimum Gasteiger partial charge on any atom is -0.375 e. The van der Waals surface area contributed by atoms with Crippen LogP contribution in [-0.2, 0) is 0 Å². The maximum atomic E-state index is 11.5. The number of hydrogen-bond acceptors (Lipinski definition) is 5. The molecule has 0 bridgehead atoms. The molecule has 4 nitrogen and oxygen atoms in total. The maximum Gasteiger partial charge on any atom is 0.182 e. The molecule has 0 aliphatic rings. The number of ketones is 1. The molecule has 0 radical (unpaired) electrons. The van der Waals surface area contributed by atoms with E-state index in [2.05, 4.69) is 9.97 Å². The van der Waals surface area contributed by atoms with Crippen molar-refractivity contribution in [2.75, 3.05) is 5.73 Å². The van der Waals surface area contributed by atoms with Gasteiger partial charge in [-0.05, 0) is 37.6 Å². The lowest BCUT2D eigenvalue weighted by atomic mass is 10.0. The predicted octanol–water partition coefficient (Wildman–Crippen LogP) is 3.45. The van der Waals surface area contributed by atoms with Gasteiger partial charge >= 0.3 is 0 Å². The summed E-state index contributed by atoms with van der Waals surface area (Å²) >= 11 is 1.37. The molecule has 2 N–H and O–H groups in total. The van der Waals surface area contributed by atoms with E-state index in [1.54, 1.807) is 6.92 Å². The smallest absolute Gasteiger partial charge is 0.182 e. The molecular weight excluding hydrogens is 270 g/mol. The van der Waals surface area contributed by atoms with Crippen molar-refractivity contribution in [3.05, 3.63) is 41.5 Å². The molecule has 100 valence electrons. The Labute approximate surface area is 120 Å². The van der Waals surface area contributed by atoms with Gasteiger partial charge in [0, 0.05) is 11.1 Å². The summed E-state index contributed by atoms with van der Waals surface area (Å²) in [5.74, 6) is 0.0503. The number of nitrogen functional groups attached to an aromatic ring is 1. The molecule has 0 atom stereocenters. The lowest BCUT2D eigenvalue weighted by Crippen LogP contribution is -1.95. The zero-order valence-corrected chi connectivity index (χ0v) is 12.0. The van der Waals surface area contributed by atoms with Crippen LogP contribution in [0, 0.1) is 6.92 Å². The highest BCUT2D eigenvalue weighted by Crippen LogP contribution is 2.28. The van der Waals surface area contributed by atoms with E-state index in [1.165, 1.54) is 11.3 Å². The van der Waals surface area contributed by atoms with Gasteiger partial charge in [-0.3, -0.25) is 4.79 Å².